The van der Waals surface area contributed by atoms with Gasteiger partial charge in [-0.05, 0) is 11.8 Å². The second-order valence-electron chi connectivity index (χ2n) is 4.61. The van der Waals surface area contributed by atoms with Gasteiger partial charge in [0.2, 0.25) is 0 Å². The van der Waals surface area contributed by atoms with E-state index in [1.165, 1.54) is 0 Å². The van der Waals surface area contributed by atoms with Gasteiger partial charge in [0.15, 0.2) is 0 Å². The lowest BCUT2D eigenvalue weighted by Crippen LogP contribution is -2.05. The fourth-order valence-corrected chi connectivity index (χ4v) is 2.51. The van der Waals surface area contributed by atoms with Crippen molar-refractivity contribution in [1.82, 2.24) is 4.98 Å². The average Bonchev–Trinajstić information content (AvgIpc) is 2.52. The zero-order valence-corrected chi connectivity index (χ0v) is 10.6. The number of nitrogens with zero attached hydrogens (tertiary/aromatic N) is 2. The highest BCUT2D eigenvalue weighted by atomic mass is 32.1. The van der Waals surface area contributed by atoms with Crippen LogP contribution in [0.2, 0.25) is 0 Å². The van der Waals surface area contributed by atoms with Crippen molar-refractivity contribution < 1.29 is 0 Å². The summed E-state index contributed by atoms with van der Waals surface area (Å²) in [6, 6.07) is 2.33. The molecule has 0 N–H and O–H groups in total. The first kappa shape index (κ1) is 12.2. The van der Waals surface area contributed by atoms with Gasteiger partial charge < -0.3 is 0 Å². The van der Waals surface area contributed by atoms with Crippen molar-refractivity contribution in [3.63, 3.8) is 0 Å². The maximum absolute atomic E-state index is 9.06. The second-order valence-corrected chi connectivity index (χ2v) is 5.56. The van der Waals surface area contributed by atoms with Gasteiger partial charge in [-0.1, -0.05) is 27.7 Å². The molecule has 0 aromatic carbocycles. The Kier molecular flexibility index (Phi) is 4.28. The van der Waals surface area contributed by atoms with Crippen molar-refractivity contribution in [2.45, 2.75) is 40.0 Å². The van der Waals surface area contributed by atoms with Crippen LogP contribution < -0.4 is 0 Å². The van der Waals surface area contributed by atoms with E-state index in [1.54, 1.807) is 11.3 Å². The van der Waals surface area contributed by atoms with Crippen LogP contribution in [0.1, 0.15) is 44.3 Å². The standard InChI is InChI=1S/C12H18N2S/c1-8(2)5-12-14-11(7-15-12)10(6-13)9(3)4/h7-10H,5H2,1-4H3. The predicted octanol–water partition coefficient (Wildman–Crippen LogP) is 3.60. The monoisotopic (exact) mass is 222 g/mol. The molecule has 1 aromatic rings. The SMILES string of the molecule is CC(C)Cc1nc(C(C#N)C(C)C)cs1. The first-order valence-corrected chi connectivity index (χ1v) is 6.26. The van der Waals surface area contributed by atoms with Crippen molar-refractivity contribution in [2.75, 3.05) is 0 Å². The number of thiazole rings is 1. The van der Waals surface area contributed by atoms with Crippen molar-refractivity contribution >= 4 is 11.3 Å². The van der Waals surface area contributed by atoms with Gasteiger partial charge in [0.25, 0.3) is 0 Å². The first-order chi connectivity index (χ1) is 7.04. The lowest BCUT2D eigenvalue weighted by molar-refractivity contribution is 0.573. The molecule has 1 atom stereocenters. The number of aromatic nitrogens is 1. The third-order valence-corrected chi connectivity index (χ3v) is 3.17. The number of hydrogen-bond donors (Lipinski definition) is 0. The Morgan fingerprint density at radius 3 is 2.53 bits per heavy atom. The molecule has 0 aliphatic rings. The van der Waals surface area contributed by atoms with Gasteiger partial charge in [-0.2, -0.15) is 5.26 Å². The van der Waals surface area contributed by atoms with E-state index in [0.717, 1.165) is 17.1 Å². The highest BCUT2D eigenvalue weighted by molar-refractivity contribution is 7.09. The molecule has 1 aromatic heterocycles. The minimum atomic E-state index is -0.0536. The van der Waals surface area contributed by atoms with Crippen molar-refractivity contribution in [3.05, 3.63) is 16.1 Å². The molecule has 2 nitrogen and oxygen atoms in total. The van der Waals surface area contributed by atoms with E-state index in [-0.39, 0.29) is 5.92 Å². The Morgan fingerprint density at radius 2 is 2.07 bits per heavy atom. The Hall–Kier alpha value is -0.880. The number of nitriles is 1. The van der Waals surface area contributed by atoms with Gasteiger partial charge in [0, 0.05) is 11.8 Å². The summed E-state index contributed by atoms with van der Waals surface area (Å²) < 4.78 is 0. The average molecular weight is 222 g/mol. The first-order valence-electron chi connectivity index (χ1n) is 5.38. The minimum absolute atomic E-state index is 0.0536. The van der Waals surface area contributed by atoms with Crippen LogP contribution in [0, 0.1) is 23.2 Å². The zero-order chi connectivity index (χ0) is 11.4. The van der Waals surface area contributed by atoms with Crippen molar-refractivity contribution in [1.29, 1.82) is 5.26 Å². The fraction of sp³-hybridized carbons (Fsp3) is 0.667. The molecule has 82 valence electrons. The summed E-state index contributed by atoms with van der Waals surface area (Å²) in [6.45, 7) is 8.50. The smallest absolute Gasteiger partial charge is 0.0931 e. The van der Waals surface area contributed by atoms with E-state index in [2.05, 4.69) is 38.7 Å². The van der Waals surface area contributed by atoms with Crippen molar-refractivity contribution in [3.8, 4) is 6.07 Å². The Labute approximate surface area is 96.0 Å². The van der Waals surface area contributed by atoms with Crippen LogP contribution in [0.25, 0.3) is 0 Å². The molecule has 1 rings (SSSR count). The number of rotatable bonds is 4. The predicted molar refractivity (Wildman–Crippen MR) is 63.8 cm³/mol. The van der Waals surface area contributed by atoms with E-state index in [9.17, 15) is 0 Å². The zero-order valence-electron chi connectivity index (χ0n) is 9.82. The topological polar surface area (TPSA) is 36.7 Å². The summed E-state index contributed by atoms with van der Waals surface area (Å²) >= 11 is 1.68. The normalized spacial score (nSPS) is 13.1. The molecule has 0 aliphatic carbocycles. The van der Waals surface area contributed by atoms with Crippen LogP contribution >= 0.6 is 11.3 Å². The highest BCUT2D eigenvalue weighted by Crippen LogP contribution is 2.25. The van der Waals surface area contributed by atoms with Gasteiger partial charge in [-0.15, -0.1) is 11.3 Å². The molecule has 0 saturated carbocycles. The van der Waals surface area contributed by atoms with Crippen LogP contribution in [-0.2, 0) is 6.42 Å². The van der Waals surface area contributed by atoms with Gasteiger partial charge in [0.05, 0.1) is 22.7 Å². The Morgan fingerprint density at radius 1 is 1.40 bits per heavy atom. The third-order valence-electron chi connectivity index (χ3n) is 2.28. The molecule has 0 saturated heterocycles. The molecule has 0 spiro atoms. The quantitative estimate of drug-likeness (QED) is 0.780. The molecular formula is C12H18N2S. The van der Waals surface area contributed by atoms with E-state index in [4.69, 9.17) is 5.26 Å². The number of hydrogen-bond acceptors (Lipinski definition) is 3. The van der Waals surface area contributed by atoms with E-state index < -0.39 is 0 Å². The summed E-state index contributed by atoms with van der Waals surface area (Å²) in [5.74, 6) is 0.912. The van der Waals surface area contributed by atoms with Crippen LogP contribution in [0.15, 0.2) is 5.38 Å². The van der Waals surface area contributed by atoms with E-state index >= 15 is 0 Å². The molecule has 1 unspecified atom stereocenters. The van der Waals surface area contributed by atoms with E-state index in [1.807, 2.05) is 5.38 Å². The third kappa shape index (κ3) is 3.32. The molecule has 0 bridgehead atoms. The molecule has 0 aliphatic heterocycles. The van der Waals surface area contributed by atoms with E-state index in [0.29, 0.717) is 11.8 Å². The summed E-state index contributed by atoms with van der Waals surface area (Å²) in [5, 5.41) is 12.2. The summed E-state index contributed by atoms with van der Waals surface area (Å²) in [7, 11) is 0. The fourth-order valence-electron chi connectivity index (χ4n) is 1.47. The summed E-state index contributed by atoms with van der Waals surface area (Å²) in [4.78, 5) is 4.54. The summed E-state index contributed by atoms with van der Waals surface area (Å²) in [6.07, 6.45) is 1.01. The molecule has 1 heterocycles. The molecule has 0 amide bonds. The molecule has 0 radical (unpaired) electrons. The molecule has 15 heavy (non-hydrogen) atoms. The molecule has 0 fully saturated rings. The highest BCUT2D eigenvalue weighted by Gasteiger charge is 2.18. The van der Waals surface area contributed by atoms with Gasteiger partial charge in [-0.3, -0.25) is 0 Å². The Balaban J connectivity index is 2.79. The second kappa shape index (κ2) is 5.27. The van der Waals surface area contributed by atoms with Gasteiger partial charge in [0.1, 0.15) is 0 Å². The van der Waals surface area contributed by atoms with Crippen LogP contribution in [0.4, 0.5) is 0 Å². The van der Waals surface area contributed by atoms with Crippen LogP contribution in [0.5, 0.6) is 0 Å². The molecular weight excluding hydrogens is 204 g/mol. The maximum Gasteiger partial charge on any atom is 0.0931 e. The Bertz CT molecular complexity index is 347. The summed E-state index contributed by atoms with van der Waals surface area (Å²) in [5.41, 5.74) is 0.952. The van der Waals surface area contributed by atoms with Crippen molar-refractivity contribution in [2.24, 2.45) is 11.8 Å². The van der Waals surface area contributed by atoms with Crippen LogP contribution in [-0.4, -0.2) is 4.98 Å². The minimum Gasteiger partial charge on any atom is -0.245 e. The van der Waals surface area contributed by atoms with Gasteiger partial charge in [-0.25, -0.2) is 4.98 Å². The lowest BCUT2D eigenvalue weighted by Gasteiger charge is -2.09. The lowest BCUT2D eigenvalue weighted by atomic mass is 9.95. The van der Waals surface area contributed by atoms with Gasteiger partial charge >= 0.3 is 0 Å². The van der Waals surface area contributed by atoms with Crippen LogP contribution in [0.3, 0.4) is 0 Å². The maximum atomic E-state index is 9.06. The molecule has 3 heteroatoms. The largest absolute Gasteiger partial charge is 0.245 e.